The second kappa shape index (κ2) is 6.38. The fourth-order valence-electron chi connectivity index (χ4n) is 1.68. The number of pyridine rings is 1. The summed E-state index contributed by atoms with van der Waals surface area (Å²) in [6, 6.07) is 3.78. The number of thioether (sulfide) groups is 1. The lowest BCUT2D eigenvalue weighted by atomic mass is 10.3. The summed E-state index contributed by atoms with van der Waals surface area (Å²) < 4.78 is 1.76. The molecule has 0 atom stereocenters. The standard InChI is InChI=1S/C13H16N4OS/c1-10-12(16-13(18)5-7-19-2)9-15-17(10)11-4-3-6-14-8-11/h3-4,6,8-9H,5,7H2,1-2H3,(H,16,18). The molecule has 0 aliphatic carbocycles. The monoisotopic (exact) mass is 276 g/mol. The van der Waals surface area contributed by atoms with Crippen molar-refractivity contribution in [2.75, 3.05) is 17.3 Å². The van der Waals surface area contributed by atoms with E-state index in [1.165, 1.54) is 0 Å². The van der Waals surface area contributed by atoms with Gasteiger partial charge in [-0.15, -0.1) is 0 Å². The Balaban J connectivity index is 2.13. The first-order chi connectivity index (χ1) is 9.22. The van der Waals surface area contributed by atoms with Gasteiger partial charge in [0.05, 0.1) is 29.5 Å². The number of nitrogens with zero attached hydrogens (tertiary/aromatic N) is 3. The van der Waals surface area contributed by atoms with E-state index in [1.54, 1.807) is 35.0 Å². The van der Waals surface area contributed by atoms with Gasteiger partial charge in [0, 0.05) is 18.4 Å². The highest BCUT2D eigenvalue weighted by Crippen LogP contribution is 2.17. The van der Waals surface area contributed by atoms with E-state index >= 15 is 0 Å². The third kappa shape index (κ3) is 3.35. The molecule has 19 heavy (non-hydrogen) atoms. The van der Waals surface area contributed by atoms with Crippen LogP contribution in [0, 0.1) is 6.92 Å². The molecular weight excluding hydrogens is 260 g/mol. The zero-order chi connectivity index (χ0) is 13.7. The highest BCUT2D eigenvalue weighted by Gasteiger charge is 2.10. The molecule has 1 amide bonds. The molecule has 2 aromatic heterocycles. The van der Waals surface area contributed by atoms with Crippen molar-refractivity contribution in [3.63, 3.8) is 0 Å². The lowest BCUT2D eigenvalue weighted by molar-refractivity contribution is -0.115. The van der Waals surface area contributed by atoms with E-state index in [1.807, 2.05) is 25.3 Å². The maximum atomic E-state index is 11.7. The number of carbonyl (C=O) groups excluding carboxylic acids is 1. The van der Waals surface area contributed by atoms with E-state index in [-0.39, 0.29) is 5.91 Å². The predicted molar refractivity (Wildman–Crippen MR) is 77.7 cm³/mol. The van der Waals surface area contributed by atoms with Crippen molar-refractivity contribution in [2.24, 2.45) is 0 Å². The van der Waals surface area contributed by atoms with Crippen molar-refractivity contribution >= 4 is 23.4 Å². The number of aromatic nitrogens is 3. The summed E-state index contributed by atoms with van der Waals surface area (Å²) in [5, 5.41) is 7.16. The van der Waals surface area contributed by atoms with Gasteiger partial charge in [-0.2, -0.15) is 16.9 Å². The lowest BCUT2D eigenvalue weighted by Gasteiger charge is -2.06. The third-order valence-corrected chi connectivity index (χ3v) is 3.32. The van der Waals surface area contributed by atoms with Crippen molar-refractivity contribution in [2.45, 2.75) is 13.3 Å². The van der Waals surface area contributed by atoms with Crippen molar-refractivity contribution in [1.29, 1.82) is 0 Å². The largest absolute Gasteiger partial charge is 0.323 e. The van der Waals surface area contributed by atoms with Crippen LogP contribution in [0.5, 0.6) is 0 Å². The summed E-state index contributed by atoms with van der Waals surface area (Å²) in [7, 11) is 0. The Labute approximate surface area is 116 Å². The molecule has 0 spiro atoms. The SMILES string of the molecule is CSCCC(=O)Nc1cnn(-c2cccnc2)c1C. The second-order valence-corrected chi connectivity index (χ2v) is 5.04. The molecule has 0 bridgehead atoms. The van der Waals surface area contributed by atoms with E-state index in [0.717, 1.165) is 22.8 Å². The summed E-state index contributed by atoms with van der Waals surface area (Å²) >= 11 is 1.66. The van der Waals surface area contributed by atoms with E-state index in [0.29, 0.717) is 6.42 Å². The summed E-state index contributed by atoms with van der Waals surface area (Å²) in [4.78, 5) is 15.8. The molecule has 2 rings (SSSR count). The fourth-order valence-corrected chi connectivity index (χ4v) is 2.07. The van der Waals surface area contributed by atoms with E-state index in [2.05, 4.69) is 15.4 Å². The van der Waals surface area contributed by atoms with Gasteiger partial charge >= 0.3 is 0 Å². The Kier molecular flexibility index (Phi) is 4.57. The molecule has 0 unspecified atom stereocenters. The average molecular weight is 276 g/mol. The van der Waals surface area contributed by atoms with Gasteiger partial charge in [0.15, 0.2) is 0 Å². The van der Waals surface area contributed by atoms with Crippen LogP contribution in [0.2, 0.25) is 0 Å². The third-order valence-electron chi connectivity index (χ3n) is 2.71. The maximum Gasteiger partial charge on any atom is 0.225 e. The minimum atomic E-state index is 0.0168. The predicted octanol–water partition coefficient (Wildman–Crippen LogP) is 2.27. The van der Waals surface area contributed by atoms with Crippen LogP contribution in [0.1, 0.15) is 12.1 Å². The molecule has 2 heterocycles. The number of amides is 1. The van der Waals surface area contributed by atoms with Crippen molar-refractivity contribution < 1.29 is 4.79 Å². The number of anilines is 1. The smallest absolute Gasteiger partial charge is 0.225 e. The van der Waals surface area contributed by atoms with Crippen LogP contribution in [0.4, 0.5) is 5.69 Å². The molecule has 0 saturated heterocycles. The molecule has 6 heteroatoms. The topological polar surface area (TPSA) is 59.8 Å². The minimum Gasteiger partial charge on any atom is -0.323 e. The summed E-state index contributed by atoms with van der Waals surface area (Å²) in [5.74, 6) is 0.838. The first-order valence-corrected chi connectivity index (χ1v) is 7.35. The minimum absolute atomic E-state index is 0.0168. The van der Waals surface area contributed by atoms with Crippen molar-refractivity contribution in [3.05, 3.63) is 36.4 Å². The second-order valence-electron chi connectivity index (χ2n) is 4.06. The van der Waals surface area contributed by atoms with E-state index in [4.69, 9.17) is 0 Å². The number of hydrogen-bond acceptors (Lipinski definition) is 4. The Morgan fingerprint density at radius 2 is 2.32 bits per heavy atom. The summed E-state index contributed by atoms with van der Waals surface area (Å²) in [5.41, 5.74) is 2.52. The molecule has 2 aromatic rings. The van der Waals surface area contributed by atoms with Gasteiger partial charge in [-0.1, -0.05) is 0 Å². The normalized spacial score (nSPS) is 10.4. The van der Waals surface area contributed by atoms with Gasteiger partial charge in [-0.3, -0.25) is 9.78 Å². The lowest BCUT2D eigenvalue weighted by Crippen LogP contribution is -2.12. The Hall–Kier alpha value is -1.82. The number of hydrogen-bond donors (Lipinski definition) is 1. The molecule has 0 fully saturated rings. The summed E-state index contributed by atoms with van der Waals surface area (Å²) in [6.45, 7) is 1.92. The Morgan fingerprint density at radius 3 is 3.00 bits per heavy atom. The molecular formula is C13H16N4OS. The molecule has 0 aliphatic rings. The Morgan fingerprint density at radius 1 is 1.47 bits per heavy atom. The quantitative estimate of drug-likeness (QED) is 0.910. The van der Waals surface area contributed by atoms with Crippen LogP contribution in [-0.2, 0) is 4.79 Å². The first kappa shape index (κ1) is 13.6. The van der Waals surface area contributed by atoms with Crippen molar-refractivity contribution in [3.8, 4) is 5.69 Å². The van der Waals surface area contributed by atoms with Gasteiger partial charge in [-0.25, -0.2) is 4.68 Å². The van der Waals surface area contributed by atoms with Gasteiger partial charge in [-0.05, 0) is 25.3 Å². The van der Waals surface area contributed by atoms with Crippen LogP contribution in [0.25, 0.3) is 5.69 Å². The highest BCUT2D eigenvalue weighted by atomic mass is 32.2. The maximum absolute atomic E-state index is 11.7. The first-order valence-electron chi connectivity index (χ1n) is 5.96. The highest BCUT2D eigenvalue weighted by molar-refractivity contribution is 7.98. The van der Waals surface area contributed by atoms with Crippen LogP contribution in [0.3, 0.4) is 0 Å². The van der Waals surface area contributed by atoms with Gasteiger partial charge in [0.25, 0.3) is 0 Å². The molecule has 100 valence electrons. The molecule has 0 radical (unpaired) electrons. The van der Waals surface area contributed by atoms with Crippen molar-refractivity contribution in [1.82, 2.24) is 14.8 Å². The number of nitrogens with one attached hydrogen (secondary N) is 1. The van der Waals surface area contributed by atoms with E-state index in [9.17, 15) is 4.79 Å². The molecule has 0 saturated carbocycles. The molecule has 1 N–H and O–H groups in total. The fraction of sp³-hybridized carbons (Fsp3) is 0.308. The summed E-state index contributed by atoms with van der Waals surface area (Å²) in [6.07, 6.45) is 7.61. The van der Waals surface area contributed by atoms with Crippen LogP contribution >= 0.6 is 11.8 Å². The van der Waals surface area contributed by atoms with Gasteiger partial charge in [0.1, 0.15) is 0 Å². The van der Waals surface area contributed by atoms with Crippen LogP contribution in [-0.4, -0.2) is 32.7 Å². The van der Waals surface area contributed by atoms with Gasteiger partial charge in [0.2, 0.25) is 5.91 Å². The van der Waals surface area contributed by atoms with E-state index < -0.39 is 0 Å². The van der Waals surface area contributed by atoms with Crippen LogP contribution in [0.15, 0.2) is 30.7 Å². The zero-order valence-electron chi connectivity index (χ0n) is 11.0. The molecule has 0 aromatic carbocycles. The average Bonchev–Trinajstić information content (AvgIpc) is 2.79. The van der Waals surface area contributed by atoms with Crippen LogP contribution < -0.4 is 5.32 Å². The zero-order valence-corrected chi connectivity index (χ0v) is 11.8. The number of rotatable bonds is 5. The van der Waals surface area contributed by atoms with Gasteiger partial charge < -0.3 is 5.32 Å². The molecule has 5 nitrogen and oxygen atoms in total. The molecule has 0 aliphatic heterocycles. The number of carbonyl (C=O) groups is 1. The Bertz CT molecular complexity index is 553.